The van der Waals surface area contributed by atoms with Crippen molar-refractivity contribution in [3.63, 3.8) is 0 Å². The van der Waals surface area contributed by atoms with Gasteiger partial charge in [-0.2, -0.15) is 0 Å². The lowest BCUT2D eigenvalue weighted by Crippen LogP contribution is -2.53. The third-order valence-corrected chi connectivity index (χ3v) is 4.74. The summed E-state index contributed by atoms with van der Waals surface area (Å²) in [6, 6.07) is 5.76. The molecule has 7 nitrogen and oxygen atoms in total. The Morgan fingerprint density at radius 3 is 2.63 bits per heavy atom. The Morgan fingerprint density at radius 2 is 1.89 bits per heavy atom. The van der Waals surface area contributed by atoms with Crippen LogP contribution >= 0.6 is 0 Å². The maximum atomic E-state index is 12.3. The highest BCUT2D eigenvalue weighted by Gasteiger charge is 2.43. The zero-order chi connectivity index (χ0) is 13.8. The summed E-state index contributed by atoms with van der Waals surface area (Å²) in [4.78, 5) is 22.9. The Hall–Kier alpha value is -2.35. The highest BCUT2D eigenvalue weighted by Crippen LogP contribution is 2.36. The summed E-state index contributed by atoms with van der Waals surface area (Å²) in [6.07, 6.45) is 0. The van der Waals surface area contributed by atoms with Crippen molar-refractivity contribution in [3.8, 4) is 0 Å². The van der Waals surface area contributed by atoms with Crippen molar-refractivity contribution in [1.82, 2.24) is 9.62 Å². The summed E-state index contributed by atoms with van der Waals surface area (Å²) < 4.78 is 25.3. The quantitative estimate of drug-likeness (QED) is 0.628. The second kappa shape index (κ2) is 3.58. The van der Waals surface area contributed by atoms with Crippen LogP contribution in [0.5, 0.6) is 0 Å². The number of carbonyl (C=O) groups is 2. The number of hydrogen-bond acceptors (Lipinski definition) is 5. The fourth-order valence-electron chi connectivity index (χ4n) is 2.11. The van der Waals surface area contributed by atoms with Crippen molar-refractivity contribution in [1.29, 1.82) is 0 Å². The Bertz CT molecular complexity index is 750. The average molecular weight is 280 g/mol. The van der Waals surface area contributed by atoms with Gasteiger partial charge in [-0.3, -0.25) is 14.9 Å². The molecule has 0 aliphatic carbocycles. The van der Waals surface area contributed by atoms with Crippen molar-refractivity contribution >= 4 is 27.6 Å². The number of piperazine rings is 1. The van der Waals surface area contributed by atoms with Crippen molar-refractivity contribution in [3.05, 3.63) is 35.5 Å². The maximum Gasteiger partial charge on any atom is 0.279 e. The van der Waals surface area contributed by atoms with Gasteiger partial charge in [0.05, 0.1) is 4.90 Å². The number of benzene rings is 1. The number of sulfonamides is 1. The van der Waals surface area contributed by atoms with Gasteiger partial charge in [-0.15, -0.1) is 0 Å². The molecule has 3 rings (SSSR count). The molecule has 0 bridgehead atoms. The minimum absolute atomic E-state index is 0.0539. The average Bonchev–Trinajstić information content (AvgIpc) is 2.36. The molecule has 0 atom stereocenters. The molecule has 1 saturated heterocycles. The van der Waals surface area contributed by atoms with E-state index < -0.39 is 39.8 Å². The minimum atomic E-state index is -4.01. The fraction of sp³-hybridized carbons (Fsp3) is 0.0909. The van der Waals surface area contributed by atoms with Crippen LogP contribution in [0.4, 0.5) is 0 Å². The number of amides is 2. The first-order valence-corrected chi connectivity index (χ1v) is 6.76. The predicted molar refractivity (Wildman–Crippen MR) is 63.0 cm³/mol. The third kappa shape index (κ3) is 1.46. The maximum absolute atomic E-state index is 12.3. The molecule has 98 valence electrons. The topological polar surface area (TPSA) is 104 Å². The molecule has 2 N–H and O–H groups in total. The summed E-state index contributed by atoms with van der Waals surface area (Å²) in [5.74, 6) is -2.10. The zero-order valence-electron chi connectivity index (χ0n) is 9.45. The van der Waals surface area contributed by atoms with Crippen molar-refractivity contribution < 1.29 is 23.1 Å². The van der Waals surface area contributed by atoms with E-state index in [0.717, 1.165) is 0 Å². The lowest BCUT2D eigenvalue weighted by atomic mass is 10.1. The van der Waals surface area contributed by atoms with Crippen LogP contribution in [0.2, 0.25) is 0 Å². The molecule has 0 radical (unpaired) electrons. The fourth-order valence-corrected chi connectivity index (χ4v) is 3.74. The lowest BCUT2D eigenvalue weighted by Gasteiger charge is -2.33. The molecule has 0 unspecified atom stereocenters. The van der Waals surface area contributed by atoms with Crippen LogP contribution in [-0.4, -0.2) is 36.2 Å². The van der Waals surface area contributed by atoms with Crippen LogP contribution < -0.4 is 5.32 Å². The highest BCUT2D eigenvalue weighted by molar-refractivity contribution is 7.89. The van der Waals surface area contributed by atoms with Crippen LogP contribution in [0.1, 0.15) is 5.56 Å². The summed E-state index contributed by atoms with van der Waals surface area (Å²) in [5.41, 5.74) is -0.364. The Labute approximate surface area is 108 Å². The van der Waals surface area contributed by atoms with Gasteiger partial charge in [-0.25, -0.2) is 12.7 Å². The summed E-state index contributed by atoms with van der Waals surface area (Å²) in [7, 11) is -4.01. The van der Waals surface area contributed by atoms with Crippen molar-refractivity contribution in [2.75, 3.05) is 6.54 Å². The molecule has 19 heavy (non-hydrogen) atoms. The summed E-state index contributed by atoms with van der Waals surface area (Å²) in [5, 5.41) is 12.0. The smallest absolute Gasteiger partial charge is 0.279 e. The molecule has 1 aromatic carbocycles. The van der Waals surface area contributed by atoms with E-state index in [-0.39, 0.29) is 10.5 Å². The number of imide groups is 1. The zero-order valence-corrected chi connectivity index (χ0v) is 10.3. The van der Waals surface area contributed by atoms with Crippen LogP contribution in [0.25, 0.3) is 5.76 Å². The molecule has 2 aliphatic heterocycles. The first-order valence-electron chi connectivity index (χ1n) is 5.32. The first-order chi connectivity index (χ1) is 8.93. The number of aliphatic hydroxyl groups is 1. The van der Waals surface area contributed by atoms with E-state index in [2.05, 4.69) is 0 Å². The van der Waals surface area contributed by atoms with Crippen molar-refractivity contribution in [2.24, 2.45) is 0 Å². The number of fused-ring (bicyclic) bond motifs is 2. The lowest BCUT2D eigenvalue weighted by molar-refractivity contribution is -0.131. The Kier molecular flexibility index (Phi) is 2.21. The minimum Gasteiger partial charge on any atom is -0.505 e. The van der Waals surface area contributed by atoms with Gasteiger partial charge in [-0.1, -0.05) is 12.1 Å². The molecule has 0 saturated carbocycles. The number of nitrogens with zero attached hydrogens (tertiary/aromatic N) is 1. The molecule has 1 fully saturated rings. The van der Waals surface area contributed by atoms with E-state index in [1.165, 1.54) is 18.2 Å². The number of hydrogen-bond donors (Lipinski definition) is 2. The third-order valence-electron chi connectivity index (χ3n) is 2.94. The van der Waals surface area contributed by atoms with Crippen LogP contribution in [-0.2, 0) is 19.6 Å². The molecule has 1 aromatic rings. The van der Waals surface area contributed by atoms with Crippen molar-refractivity contribution in [2.45, 2.75) is 4.90 Å². The Morgan fingerprint density at radius 1 is 1.21 bits per heavy atom. The van der Waals surface area contributed by atoms with Crippen LogP contribution in [0.3, 0.4) is 0 Å². The van der Waals surface area contributed by atoms with E-state index in [1.807, 2.05) is 5.32 Å². The standard InChI is InChI=1S/C11H8N2O5S/c14-8-5-13-9(11(16)12-8)10(15)6-3-1-2-4-7(6)19(13,17)18/h1-4,15H,5H2,(H,12,14,16). The number of rotatable bonds is 0. The SMILES string of the molecule is O=C1CN2C(=C(O)c3ccccc3S2(=O)=O)C(=O)N1. The summed E-state index contributed by atoms with van der Waals surface area (Å²) in [6.45, 7) is -0.526. The normalized spacial score (nSPS) is 20.7. The molecule has 2 aliphatic rings. The van der Waals surface area contributed by atoms with Gasteiger partial charge < -0.3 is 5.11 Å². The van der Waals surface area contributed by atoms with E-state index in [9.17, 15) is 23.1 Å². The molecule has 0 aromatic heterocycles. The van der Waals surface area contributed by atoms with Gasteiger partial charge in [0, 0.05) is 5.56 Å². The van der Waals surface area contributed by atoms with Crippen LogP contribution in [0, 0.1) is 0 Å². The van der Waals surface area contributed by atoms with Gasteiger partial charge in [0.15, 0.2) is 11.5 Å². The highest BCUT2D eigenvalue weighted by atomic mass is 32.2. The monoisotopic (exact) mass is 280 g/mol. The summed E-state index contributed by atoms with van der Waals surface area (Å²) >= 11 is 0. The first kappa shape index (κ1) is 11.7. The molecular weight excluding hydrogens is 272 g/mol. The van der Waals surface area contributed by atoms with Gasteiger partial charge in [0.2, 0.25) is 5.91 Å². The van der Waals surface area contributed by atoms with E-state index in [4.69, 9.17) is 0 Å². The largest absolute Gasteiger partial charge is 0.505 e. The van der Waals surface area contributed by atoms with Gasteiger partial charge in [0.1, 0.15) is 6.54 Å². The molecule has 8 heteroatoms. The van der Waals surface area contributed by atoms with Crippen LogP contribution in [0.15, 0.2) is 34.9 Å². The number of nitrogens with one attached hydrogen (secondary N) is 1. The van der Waals surface area contributed by atoms with Gasteiger partial charge >= 0.3 is 0 Å². The second-order valence-electron chi connectivity index (χ2n) is 4.08. The van der Waals surface area contributed by atoms with Gasteiger partial charge in [0.25, 0.3) is 15.9 Å². The molecule has 0 spiro atoms. The molecule has 2 heterocycles. The molecule has 2 amide bonds. The van der Waals surface area contributed by atoms with E-state index in [0.29, 0.717) is 4.31 Å². The number of carbonyl (C=O) groups excluding carboxylic acids is 2. The Balaban J connectivity index is 2.36. The second-order valence-corrected chi connectivity index (χ2v) is 5.91. The van der Waals surface area contributed by atoms with E-state index >= 15 is 0 Å². The molecular formula is C11H8N2O5S. The number of aliphatic hydroxyl groups excluding tert-OH is 1. The predicted octanol–water partition coefficient (Wildman–Crippen LogP) is -0.426. The van der Waals surface area contributed by atoms with Gasteiger partial charge in [-0.05, 0) is 12.1 Å². The van der Waals surface area contributed by atoms with E-state index in [1.54, 1.807) is 6.07 Å².